The highest BCUT2D eigenvalue weighted by molar-refractivity contribution is 6.11. The molecule has 1 heterocycles. The van der Waals surface area contributed by atoms with Gasteiger partial charge in [0.15, 0.2) is 11.5 Å². The summed E-state index contributed by atoms with van der Waals surface area (Å²) in [5, 5.41) is 28.4. The number of anilines is 2. The molecule has 10 nitrogen and oxygen atoms in total. The number of nitro benzene ring substituents is 1. The number of ketones is 1. The van der Waals surface area contributed by atoms with E-state index in [4.69, 9.17) is 9.47 Å². The average Bonchev–Trinajstić information content (AvgIpc) is 2.95. The minimum Gasteiger partial charge on any atom is -0.500 e. The zero-order valence-corrected chi connectivity index (χ0v) is 18.2. The van der Waals surface area contributed by atoms with E-state index in [9.17, 15) is 24.8 Å². The Kier molecular flexibility index (Phi) is 5.67. The van der Waals surface area contributed by atoms with Crippen molar-refractivity contribution in [1.82, 2.24) is 0 Å². The summed E-state index contributed by atoms with van der Waals surface area (Å²) in [7, 11) is 2.52. The number of hydrogen-bond donors (Lipinski definition) is 3. The number of phenols is 1. The van der Waals surface area contributed by atoms with Crippen LogP contribution in [0.2, 0.25) is 0 Å². The molecule has 33 heavy (non-hydrogen) atoms. The summed E-state index contributed by atoms with van der Waals surface area (Å²) in [5.41, 5.74) is 2.06. The van der Waals surface area contributed by atoms with Gasteiger partial charge in [-0.15, -0.1) is 0 Å². The standard InChI is InChI=1S/C23H23N3O7/c1-11-8-15-19(22(28)18(11)23(29)33-3)20(25-14-7-5-4-6-13(14)24-15)12-9-16(26(30)31)21(27)17(10-12)32-2/h4-7,9-11,18,20,24-25,27H,8H2,1-3H3/t11-,18-,20-/m0/s1. The number of rotatable bonds is 4. The van der Waals surface area contributed by atoms with E-state index in [0.717, 1.165) is 5.69 Å². The van der Waals surface area contributed by atoms with E-state index in [0.29, 0.717) is 23.4 Å². The van der Waals surface area contributed by atoms with Crippen LogP contribution in [0.5, 0.6) is 11.5 Å². The molecule has 0 saturated carbocycles. The molecule has 1 aliphatic heterocycles. The number of fused-ring (bicyclic) bond motifs is 1. The van der Waals surface area contributed by atoms with Crippen molar-refractivity contribution in [2.45, 2.75) is 19.4 Å². The summed E-state index contributed by atoms with van der Waals surface area (Å²) in [5.74, 6) is -3.09. The average molecular weight is 453 g/mol. The fraction of sp³-hybridized carbons (Fsp3) is 0.304. The Labute approximate surface area is 189 Å². The molecule has 0 amide bonds. The number of benzene rings is 2. The van der Waals surface area contributed by atoms with Crippen LogP contribution in [-0.4, -0.2) is 36.0 Å². The van der Waals surface area contributed by atoms with E-state index in [2.05, 4.69) is 10.6 Å². The molecule has 0 aromatic heterocycles. The monoisotopic (exact) mass is 453 g/mol. The van der Waals surface area contributed by atoms with Crippen molar-refractivity contribution in [3.8, 4) is 11.5 Å². The number of nitrogens with zero attached hydrogens (tertiary/aromatic N) is 1. The number of allylic oxidation sites excluding steroid dienone is 1. The Morgan fingerprint density at radius 3 is 2.55 bits per heavy atom. The topological polar surface area (TPSA) is 140 Å². The van der Waals surface area contributed by atoms with Crippen molar-refractivity contribution in [2.75, 3.05) is 24.9 Å². The lowest BCUT2D eigenvalue weighted by Gasteiger charge is -2.32. The summed E-state index contributed by atoms with van der Waals surface area (Å²) < 4.78 is 10.0. The number of ether oxygens (including phenoxy) is 2. The molecule has 0 saturated heterocycles. The predicted octanol–water partition coefficient (Wildman–Crippen LogP) is 3.54. The van der Waals surface area contributed by atoms with Gasteiger partial charge in [0.1, 0.15) is 5.92 Å². The maximum Gasteiger partial charge on any atom is 0.316 e. The molecule has 0 bridgehead atoms. The zero-order chi connectivity index (χ0) is 23.9. The Morgan fingerprint density at radius 1 is 1.21 bits per heavy atom. The fourth-order valence-corrected chi connectivity index (χ4v) is 4.46. The van der Waals surface area contributed by atoms with Crippen LogP contribution in [-0.2, 0) is 14.3 Å². The van der Waals surface area contributed by atoms with Gasteiger partial charge in [-0.05, 0) is 36.1 Å². The summed E-state index contributed by atoms with van der Waals surface area (Å²) in [6, 6.07) is 9.10. The van der Waals surface area contributed by atoms with Gasteiger partial charge >= 0.3 is 11.7 Å². The first-order valence-electron chi connectivity index (χ1n) is 10.3. The second-order valence-corrected chi connectivity index (χ2v) is 8.03. The number of esters is 1. The molecule has 2 aromatic rings. The summed E-state index contributed by atoms with van der Waals surface area (Å²) >= 11 is 0. The lowest BCUT2D eigenvalue weighted by atomic mass is 9.74. The third-order valence-electron chi connectivity index (χ3n) is 6.05. The predicted molar refractivity (Wildman–Crippen MR) is 119 cm³/mol. The maximum absolute atomic E-state index is 13.6. The Balaban J connectivity index is 1.94. The van der Waals surface area contributed by atoms with Gasteiger partial charge in [-0.1, -0.05) is 19.1 Å². The van der Waals surface area contributed by atoms with Crippen LogP contribution in [0.4, 0.5) is 17.1 Å². The molecule has 172 valence electrons. The van der Waals surface area contributed by atoms with Crippen LogP contribution in [0.15, 0.2) is 47.7 Å². The number of aromatic hydroxyl groups is 1. The number of nitrogens with one attached hydrogen (secondary N) is 2. The molecule has 3 atom stereocenters. The van der Waals surface area contributed by atoms with Gasteiger partial charge in [-0.25, -0.2) is 0 Å². The van der Waals surface area contributed by atoms with Crippen molar-refractivity contribution in [2.24, 2.45) is 11.8 Å². The molecule has 0 fully saturated rings. The molecule has 1 aliphatic carbocycles. The lowest BCUT2D eigenvalue weighted by Crippen LogP contribution is -2.39. The van der Waals surface area contributed by atoms with Crippen LogP contribution in [0.3, 0.4) is 0 Å². The second kappa shape index (κ2) is 8.45. The van der Waals surface area contributed by atoms with E-state index < -0.39 is 40.1 Å². The number of para-hydroxylation sites is 2. The SMILES string of the molecule is COC(=O)[C@@H]1C(=O)C2=C(C[C@@H]1C)Nc1ccccc1N[C@H]2c1cc(OC)c(O)c([N+](=O)[O-])c1. The van der Waals surface area contributed by atoms with Gasteiger partial charge in [0, 0.05) is 17.3 Å². The molecule has 2 aliphatic rings. The van der Waals surface area contributed by atoms with Gasteiger partial charge < -0.3 is 25.2 Å². The largest absolute Gasteiger partial charge is 0.500 e. The molecule has 3 N–H and O–H groups in total. The molecular weight excluding hydrogens is 430 g/mol. The summed E-state index contributed by atoms with van der Waals surface area (Å²) in [6.45, 7) is 1.80. The van der Waals surface area contributed by atoms with Gasteiger partial charge in [-0.2, -0.15) is 0 Å². The van der Waals surface area contributed by atoms with Crippen molar-refractivity contribution in [3.63, 3.8) is 0 Å². The maximum atomic E-state index is 13.6. The van der Waals surface area contributed by atoms with Crippen molar-refractivity contribution in [1.29, 1.82) is 0 Å². The number of nitro groups is 1. The van der Waals surface area contributed by atoms with Gasteiger partial charge in [0.25, 0.3) is 0 Å². The van der Waals surface area contributed by atoms with Crippen LogP contribution in [0, 0.1) is 22.0 Å². The highest BCUT2D eigenvalue weighted by Gasteiger charge is 2.44. The van der Waals surface area contributed by atoms with Gasteiger partial charge in [0.05, 0.1) is 36.6 Å². The molecule has 0 spiro atoms. The Bertz CT molecular complexity index is 1190. The smallest absolute Gasteiger partial charge is 0.316 e. The molecule has 0 unspecified atom stereocenters. The van der Waals surface area contributed by atoms with Gasteiger partial charge in [0.2, 0.25) is 5.75 Å². The van der Waals surface area contributed by atoms with Gasteiger partial charge in [-0.3, -0.25) is 19.7 Å². The van der Waals surface area contributed by atoms with E-state index in [1.54, 1.807) is 6.92 Å². The van der Waals surface area contributed by atoms with E-state index in [1.165, 1.54) is 26.4 Å². The zero-order valence-electron chi connectivity index (χ0n) is 18.2. The highest BCUT2D eigenvalue weighted by Crippen LogP contribution is 2.46. The molecule has 2 aromatic carbocycles. The van der Waals surface area contributed by atoms with E-state index in [-0.39, 0.29) is 17.2 Å². The lowest BCUT2D eigenvalue weighted by molar-refractivity contribution is -0.386. The van der Waals surface area contributed by atoms with Crippen LogP contribution in [0.25, 0.3) is 0 Å². The first kappa shape index (κ1) is 22.1. The number of carbonyl (C=O) groups is 2. The Morgan fingerprint density at radius 2 is 1.91 bits per heavy atom. The summed E-state index contributed by atoms with van der Waals surface area (Å²) in [4.78, 5) is 37.0. The first-order valence-corrected chi connectivity index (χ1v) is 10.3. The molecule has 10 heteroatoms. The molecule has 0 radical (unpaired) electrons. The third kappa shape index (κ3) is 3.73. The minimum absolute atomic E-state index is 0.102. The van der Waals surface area contributed by atoms with E-state index >= 15 is 0 Å². The number of methoxy groups -OCH3 is 2. The van der Waals surface area contributed by atoms with Crippen molar-refractivity contribution in [3.05, 3.63) is 63.3 Å². The van der Waals surface area contributed by atoms with Crippen LogP contribution >= 0.6 is 0 Å². The number of phenolic OH excluding ortho intramolecular Hbond substituents is 1. The molecule has 4 rings (SSSR count). The highest BCUT2D eigenvalue weighted by atomic mass is 16.6. The van der Waals surface area contributed by atoms with Crippen molar-refractivity contribution >= 4 is 28.8 Å². The van der Waals surface area contributed by atoms with Crippen molar-refractivity contribution < 1.29 is 29.1 Å². The molecular formula is C23H23N3O7. The fourth-order valence-electron chi connectivity index (χ4n) is 4.46. The number of hydrogen-bond acceptors (Lipinski definition) is 9. The third-order valence-corrected chi connectivity index (χ3v) is 6.05. The van der Waals surface area contributed by atoms with E-state index in [1.807, 2.05) is 24.3 Å². The Hall–Kier alpha value is -4.08. The second-order valence-electron chi connectivity index (χ2n) is 8.03. The minimum atomic E-state index is -1.00. The normalized spacial score (nSPS) is 21.7. The first-order chi connectivity index (χ1) is 15.8. The van der Waals surface area contributed by atoms with Crippen LogP contribution < -0.4 is 15.4 Å². The number of carbonyl (C=O) groups excluding carboxylic acids is 2. The quantitative estimate of drug-likeness (QED) is 0.274. The summed E-state index contributed by atoms with van der Waals surface area (Å²) in [6.07, 6.45) is 0.394. The van der Waals surface area contributed by atoms with Crippen LogP contribution in [0.1, 0.15) is 24.9 Å². The number of Topliss-reactive ketones (excluding diaryl/α,β-unsaturated/α-hetero) is 1.